The zero-order valence-corrected chi connectivity index (χ0v) is 25.8. The van der Waals surface area contributed by atoms with E-state index in [0.717, 1.165) is 55.9 Å². The zero-order chi connectivity index (χ0) is 32.1. The smallest absolute Gasteiger partial charge is 0.164 e. The van der Waals surface area contributed by atoms with Crippen LogP contribution in [0.1, 0.15) is 0 Å². The monoisotopic (exact) mass is 616 g/mol. The summed E-state index contributed by atoms with van der Waals surface area (Å²) in [6, 6.07) is 52.8. The lowest BCUT2D eigenvalue weighted by Gasteiger charge is -2.11. The van der Waals surface area contributed by atoms with Crippen molar-refractivity contribution in [2.24, 2.45) is 0 Å². The van der Waals surface area contributed by atoms with Crippen molar-refractivity contribution in [3.05, 3.63) is 170 Å². The predicted octanol–water partition coefficient (Wildman–Crippen LogP) is 9.73. The number of aromatic nitrogens is 6. The number of hydrogen-bond acceptors (Lipinski definition) is 6. The molecule has 0 spiro atoms. The van der Waals surface area contributed by atoms with Crippen molar-refractivity contribution in [1.29, 1.82) is 0 Å². The third-order valence-electron chi connectivity index (χ3n) is 8.03. The first-order valence-corrected chi connectivity index (χ1v) is 15.7. The molecule has 3 aromatic heterocycles. The molecular weight excluding hydrogens is 589 g/mol. The van der Waals surface area contributed by atoms with Gasteiger partial charge in [-0.2, -0.15) is 0 Å². The highest BCUT2D eigenvalue weighted by Crippen LogP contribution is 2.32. The fourth-order valence-electron chi connectivity index (χ4n) is 5.61. The molecule has 0 unspecified atom stereocenters. The molecule has 3 heterocycles. The van der Waals surface area contributed by atoms with E-state index in [2.05, 4.69) is 41.4 Å². The lowest BCUT2D eigenvalue weighted by Crippen LogP contribution is -2.00. The summed E-state index contributed by atoms with van der Waals surface area (Å²) in [7, 11) is 0. The zero-order valence-electron chi connectivity index (χ0n) is 25.8. The molecule has 0 saturated carbocycles. The lowest BCUT2D eigenvalue weighted by atomic mass is 9.99. The van der Waals surface area contributed by atoms with Crippen molar-refractivity contribution < 1.29 is 0 Å². The van der Waals surface area contributed by atoms with E-state index in [9.17, 15) is 0 Å². The van der Waals surface area contributed by atoms with Gasteiger partial charge in [0.1, 0.15) is 0 Å². The van der Waals surface area contributed by atoms with Gasteiger partial charge < -0.3 is 0 Å². The molecule has 0 aliphatic carbocycles. The van der Waals surface area contributed by atoms with Gasteiger partial charge >= 0.3 is 0 Å². The number of benzene rings is 5. The Morgan fingerprint density at radius 3 is 1.19 bits per heavy atom. The van der Waals surface area contributed by atoms with E-state index in [-0.39, 0.29) is 0 Å². The van der Waals surface area contributed by atoms with E-state index in [1.807, 2.05) is 128 Å². The number of rotatable bonds is 7. The van der Waals surface area contributed by atoms with Crippen molar-refractivity contribution in [2.45, 2.75) is 0 Å². The number of nitrogens with zero attached hydrogens (tertiary/aromatic N) is 6. The van der Waals surface area contributed by atoms with Crippen LogP contribution in [0.2, 0.25) is 0 Å². The quantitative estimate of drug-likeness (QED) is 0.177. The van der Waals surface area contributed by atoms with Crippen molar-refractivity contribution in [3.63, 3.8) is 0 Å². The molecule has 0 amide bonds. The number of pyridine rings is 1. The van der Waals surface area contributed by atoms with Gasteiger partial charge in [-0.1, -0.05) is 127 Å². The maximum Gasteiger partial charge on any atom is 0.164 e. The second-order valence-corrected chi connectivity index (χ2v) is 11.3. The first-order valence-electron chi connectivity index (χ1n) is 15.7. The molecule has 0 bridgehead atoms. The van der Waals surface area contributed by atoms with Crippen molar-refractivity contribution in [1.82, 2.24) is 29.9 Å². The third-order valence-corrected chi connectivity index (χ3v) is 8.03. The summed E-state index contributed by atoms with van der Waals surface area (Å²) < 4.78 is 0. The molecular formula is C42H28N6. The maximum atomic E-state index is 5.02. The van der Waals surface area contributed by atoms with Gasteiger partial charge in [0.15, 0.2) is 23.3 Å². The summed E-state index contributed by atoms with van der Waals surface area (Å²) in [5, 5.41) is 0. The van der Waals surface area contributed by atoms with Crippen LogP contribution < -0.4 is 0 Å². The van der Waals surface area contributed by atoms with Crippen molar-refractivity contribution in [3.8, 4) is 79.2 Å². The highest BCUT2D eigenvalue weighted by molar-refractivity contribution is 5.78. The Balaban J connectivity index is 1.21. The second-order valence-electron chi connectivity index (χ2n) is 11.3. The molecule has 6 nitrogen and oxygen atoms in total. The highest BCUT2D eigenvalue weighted by atomic mass is 15.0. The average molecular weight is 617 g/mol. The molecule has 0 fully saturated rings. The summed E-state index contributed by atoms with van der Waals surface area (Å²) in [5.41, 5.74) is 9.40. The topological polar surface area (TPSA) is 77.3 Å². The molecule has 0 N–H and O–H groups in total. The van der Waals surface area contributed by atoms with Crippen LogP contribution in [-0.4, -0.2) is 29.9 Å². The van der Waals surface area contributed by atoms with Crippen LogP contribution in [0, 0.1) is 0 Å². The van der Waals surface area contributed by atoms with Crippen LogP contribution in [0.15, 0.2) is 170 Å². The Morgan fingerprint density at radius 2 is 0.667 bits per heavy atom. The molecule has 8 rings (SSSR count). The minimum atomic E-state index is 0.616. The molecule has 0 aliphatic rings. The third kappa shape index (κ3) is 6.10. The normalized spacial score (nSPS) is 10.9. The van der Waals surface area contributed by atoms with Crippen LogP contribution in [-0.2, 0) is 0 Å². The van der Waals surface area contributed by atoms with Gasteiger partial charge in [0, 0.05) is 45.8 Å². The lowest BCUT2D eigenvalue weighted by molar-refractivity contribution is 1.07. The van der Waals surface area contributed by atoms with Crippen molar-refractivity contribution >= 4 is 0 Å². The highest BCUT2D eigenvalue weighted by Gasteiger charge is 2.14. The Kier molecular flexibility index (Phi) is 7.79. The summed E-state index contributed by atoms with van der Waals surface area (Å²) in [4.78, 5) is 29.0. The Hall–Kier alpha value is -6.66. The molecule has 5 aromatic carbocycles. The SMILES string of the molecule is c1ccc(-c2nc(-c3cccnc3)cc(-c3cccc(-c4cccc(-c5nc(-c6ccccc6)nc(-c6ccccc6)n5)c4)c3)n2)cc1. The van der Waals surface area contributed by atoms with Gasteiger partial charge in [0.2, 0.25) is 0 Å². The van der Waals surface area contributed by atoms with Crippen LogP contribution in [0.5, 0.6) is 0 Å². The molecule has 48 heavy (non-hydrogen) atoms. The Morgan fingerprint density at radius 1 is 0.271 bits per heavy atom. The first kappa shape index (κ1) is 28.8. The molecule has 6 heteroatoms. The Labute approximate surface area is 278 Å². The van der Waals surface area contributed by atoms with E-state index in [0.29, 0.717) is 23.3 Å². The van der Waals surface area contributed by atoms with E-state index in [1.165, 1.54) is 0 Å². The van der Waals surface area contributed by atoms with Gasteiger partial charge in [-0.05, 0) is 41.5 Å². The van der Waals surface area contributed by atoms with Crippen LogP contribution in [0.25, 0.3) is 79.2 Å². The fraction of sp³-hybridized carbons (Fsp3) is 0. The first-order chi connectivity index (χ1) is 23.8. The van der Waals surface area contributed by atoms with E-state index in [1.54, 1.807) is 6.20 Å². The van der Waals surface area contributed by atoms with Gasteiger partial charge in [-0.15, -0.1) is 0 Å². The van der Waals surface area contributed by atoms with Gasteiger partial charge in [-0.3, -0.25) is 4.98 Å². The predicted molar refractivity (Wildman–Crippen MR) is 191 cm³/mol. The molecule has 8 aromatic rings. The van der Waals surface area contributed by atoms with Gasteiger partial charge in [-0.25, -0.2) is 24.9 Å². The Bertz CT molecular complexity index is 2040. The van der Waals surface area contributed by atoms with Crippen LogP contribution in [0.3, 0.4) is 0 Å². The molecule has 0 atom stereocenters. The van der Waals surface area contributed by atoms with Crippen molar-refractivity contribution in [2.75, 3.05) is 0 Å². The van der Waals surface area contributed by atoms with E-state index < -0.39 is 0 Å². The fourth-order valence-corrected chi connectivity index (χ4v) is 5.61. The minimum absolute atomic E-state index is 0.616. The summed E-state index contributed by atoms with van der Waals surface area (Å²) in [6.07, 6.45) is 3.60. The van der Waals surface area contributed by atoms with Crippen LogP contribution in [0.4, 0.5) is 0 Å². The molecule has 0 aliphatic heterocycles. The van der Waals surface area contributed by atoms with Gasteiger partial charge in [0.05, 0.1) is 11.4 Å². The summed E-state index contributed by atoms with van der Waals surface area (Å²) in [5.74, 6) is 2.55. The molecule has 0 saturated heterocycles. The van der Waals surface area contributed by atoms with Gasteiger partial charge in [0.25, 0.3) is 0 Å². The van der Waals surface area contributed by atoms with Crippen LogP contribution >= 0.6 is 0 Å². The summed E-state index contributed by atoms with van der Waals surface area (Å²) >= 11 is 0. The average Bonchev–Trinajstić information content (AvgIpc) is 3.19. The number of hydrogen-bond donors (Lipinski definition) is 0. The largest absolute Gasteiger partial charge is 0.264 e. The second kappa shape index (κ2) is 13.0. The molecule has 226 valence electrons. The molecule has 0 radical (unpaired) electrons. The van der Waals surface area contributed by atoms with E-state index >= 15 is 0 Å². The van der Waals surface area contributed by atoms with E-state index in [4.69, 9.17) is 24.9 Å². The standard InChI is InChI=1S/C42H28N6/c1-4-13-29(14-5-1)39-44-37(27-38(45-39)36-23-12-24-43-28-36)34-21-10-19-32(25-34)33-20-11-22-35(26-33)42-47-40(30-15-6-2-7-16-30)46-41(48-42)31-17-8-3-9-18-31/h1-28H. The minimum Gasteiger partial charge on any atom is -0.264 e. The summed E-state index contributed by atoms with van der Waals surface area (Å²) in [6.45, 7) is 0. The maximum absolute atomic E-state index is 5.02.